The van der Waals surface area contributed by atoms with E-state index >= 15 is 0 Å². The zero-order chi connectivity index (χ0) is 18.0. The lowest BCUT2D eigenvalue weighted by Gasteiger charge is -2.05. The second-order valence-corrected chi connectivity index (χ2v) is 7.36. The second kappa shape index (κ2) is 7.79. The van der Waals surface area contributed by atoms with Crippen molar-refractivity contribution in [3.63, 3.8) is 0 Å². The van der Waals surface area contributed by atoms with E-state index in [0.29, 0.717) is 32.4 Å². The van der Waals surface area contributed by atoms with Gasteiger partial charge in [-0.25, -0.2) is 0 Å². The Hall–Kier alpha value is -1.53. The van der Waals surface area contributed by atoms with Gasteiger partial charge >= 0.3 is 0 Å². The lowest BCUT2D eigenvalue weighted by atomic mass is 10.2. The summed E-state index contributed by atoms with van der Waals surface area (Å²) in [4.78, 5) is 12.4. The van der Waals surface area contributed by atoms with Gasteiger partial charge in [-0.3, -0.25) is 9.48 Å². The smallest absolute Gasteiger partial charge is 0.258 e. The Bertz CT molecular complexity index is 925. The summed E-state index contributed by atoms with van der Waals surface area (Å²) in [6, 6.07) is 12.2. The van der Waals surface area contributed by atoms with E-state index in [-0.39, 0.29) is 10.9 Å². The average Bonchev–Trinajstić information content (AvgIpc) is 2.89. The highest BCUT2D eigenvalue weighted by molar-refractivity contribution is 9.10. The van der Waals surface area contributed by atoms with Crippen LogP contribution in [0, 0.1) is 0 Å². The maximum Gasteiger partial charge on any atom is 0.258 e. The largest absolute Gasteiger partial charge is 0.304 e. The lowest BCUT2D eigenvalue weighted by molar-refractivity contribution is 0.102. The minimum Gasteiger partial charge on any atom is -0.304 e. The van der Waals surface area contributed by atoms with Gasteiger partial charge in [0.1, 0.15) is 0 Å². The summed E-state index contributed by atoms with van der Waals surface area (Å²) in [7, 11) is 0. The molecular weight excluding hydrogens is 448 g/mol. The van der Waals surface area contributed by atoms with Gasteiger partial charge < -0.3 is 5.32 Å². The molecule has 0 atom stereocenters. The Morgan fingerprint density at radius 3 is 2.44 bits per heavy atom. The minimum atomic E-state index is -0.362. The zero-order valence-corrected chi connectivity index (χ0v) is 16.5. The fraction of sp³-hybridized carbons (Fsp3) is 0.0588. The molecule has 0 radical (unpaired) electrons. The predicted octanol–water partition coefficient (Wildman–Crippen LogP) is 5.91. The maximum absolute atomic E-state index is 12.4. The van der Waals surface area contributed by atoms with Gasteiger partial charge in [-0.15, -0.1) is 0 Å². The number of halogens is 4. The van der Waals surface area contributed by atoms with E-state index in [9.17, 15) is 4.79 Å². The third-order valence-corrected chi connectivity index (χ3v) is 4.76. The highest BCUT2D eigenvalue weighted by Crippen LogP contribution is 2.25. The van der Waals surface area contributed by atoms with Crippen LogP contribution in [-0.2, 0) is 6.54 Å². The van der Waals surface area contributed by atoms with Crippen LogP contribution >= 0.6 is 50.7 Å². The molecule has 0 aliphatic heterocycles. The summed E-state index contributed by atoms with van der Waals surface area (Å²) in [6.45, 7) is 0.549. The normalized spacial score (nSPS) is 10.7. The number of carbonyl (C=O) groups is 1. The first kappa shape index (κ1) is 18.3. The van der Waals surface area contributed by atoms with Crippen LogP contribution in [0.2, 0.25) is 15.1 Å². The second-order valence-electron chi connectivity index (χ2n) is 5.23. The Balaban J connectivity index is 1.76. The summed E-state index contributed by atoms with van der Waals surface area (Å²) in [5.74, 6) is 0.0455. The molecule has 25 heavy (non-hydrogen) atoms. The fourth-order valence-corrected chi connectivity index (χ4v) is 3.22. The minimum absolute atomic E-state index is 0.279. The average molecular weight is 460 g/mol. The van der Waals surface area contributed by atoms with Crippen LogP contribution in [0.4, 0.5) is 5.82 Å². The molecule has 0 spiro atoms. The molecule has 4 nitrogen and oxygen atoms in total. The highest BCUT2D eigenvalue weighted by atomic mass is 79.9. The quantitative estimate of drug-likeness (QED) is 0.528. The van der Waals surface area contributed by atoms with Gasteiger partial charge in [0, 0.05) is 16.2 Å². The van der Waals surface area contributed by atoms with E-state index in [0.717, 1.165) is 5.56 Å². The van der Waals surface area contributed by atoms with Crippen LogP contribution in [0.5, 0.6) is 0 Å². The summed E-state index contributed by atoms with van der Waals surface area (Å²) >= 11 is 21.2. The summed E-state index contributed by atoms with van der Waals surface area (Å²) in [5.41, 5.74) is 1.36. The van der Waals surface area contributed by atoms with Gasteiger partial charge in [-0.05, 0) is 51.8 Å². The molecule has 0 aliphatic carbocycles. The standard InChI is InChI=1S/C17H11BrCl3N3O/c18-14-9-24(8-10-1-3-11(19)4-2-10)23-16(14)22-17(25)13-6-5-12(20)7-15(13)21/h1-7,9H,8H2,(H,22,23,25). The van der Waals surface area contributed by atoms with Gasteiger partial charge in [-0.1, -0.05) is 46.9 Å². The Morgan fingerprint density at radius 1 is 1.08 bits per heavy atom. The SMILES string of the molecule is O=C(Nc1nn(Cc2ccc(Cl)cc2)cc1Br)c1ccc(Cl)cc1Cl. The number of benzene rings is 2. The van der Waals surface area contributed by atoms with Crippen molar-refractivity contribution in [3.8, 4) is 0 Å². The van der Waals surface area contributed by atoms with Gasteiger partial charge in [0.25, 0.3) is 5.91 Å². The van der Waals surface area contributed by atoms with Crippen molar-refractivity contribution in [2.24, 2.45) is 0 Å². The number of hydrogen-bond donors (Lipinski definition) is 1. The molecule has 0 fully saturated rings. The number of nitrogens with one attached hydrogen (secondary N) is 1. The molecule has 1 N–H and O–H groups in total. The molecule has 0 bridgehead atoms. The summed E-state index contributed by atoms with van der Waals surface area (Å²) in [6.07, 6.45) is 1.79. The van der Waals surface area contributed by atoms with Gasteiger partial charge in [-0.2, -0.15) is 5.10 Å². The molecule has 0 saturated carbocycles. The predicted molar refractivity (Wildman–Crippen MR) is 105 cm³/mol. The Morgan fingerprint density at radius 2 is 1.76 bits per heavy atom. The van der Waals surface area contributed by atoms with E-state index in [1.54, 1.807) is 23.0 Å². The molecule has 3 aromatic rings. The van der Waals surface area contributed by atoms with Crippen molar-refractivity contribution in [3.05, 3.63) is 79.3 Å². The molecule has 128 valence electrons. The van der Waals surface area contributed by atoms with Gasteiger partial charge in [0.05, 0.1) is 21.6 Å². The number of carbonyl (C=O) groups excluding carboxylic acids is 1. The van der Waals surface area contributed by atoms with Crippen LogP contribution in [-0.4, -0.2) is 15.7 Å². The third-order valence-electron chi connectivity index (χ3n) is 3.38. The molecule has 3 rings (SSSR count). The van der Waals surface area contributed by atoms with Crippen LogP contribution in [0.3, 0.4) is 0 Å². The van der Waals surface area contributed by atoms with Crippen LogP contribution in [0.1, 0.15) is 15.9 Å². The molecule has 0 aliphatic rings. The Labute approximate surface area is 167 Å². The van der Waals surface area contributed by atoms with Crippen molar-refractivity contribution in [1.82, 2.24) is 9.78 Å². The van der Waals surface area contributed by atoms with Gasteiger partial charge in [0.2, 0.25) is 0 Å². The van der Waals surface area contributed by atoms with E-state index in [2.05, 4.69) is 26.3 Å². The monoisotopic (exact) mass is 457 g/mol. The van der Waals surface area contributed by atoms with Crippen LogP contribution in [0.15, 0.2) is 53.1 Å². The maximum atomic E-state index is 12.4. The van der Waals surface area contributed by atoms with Crippen molar-refractivity contribution in [2.45, 2.75) is 6.54 Å². The number of rotatable bonds is 4. The number of amides is 1. The topological polar surface area (TPSA) is 46.9 Å². The van der Waals surface area contributed by atoms with Crippen molar-refractivity contribution in [1.29, 1.82) is 0 Å². The molecule has 2 aromatic carbocycles. The third kappa shape index (κ3) is 4.55. The molecule has 0 saturated heterocycles. The van der Waals surface area contributed by atoms with E-state index in [4.69, 9.17) is 34.8 Å². The first-order valence-electron chi connectivity index (χ1n) is 7.16. The number of anilines is 1. The highest BCUT2D eigenvalue weighted by Gasteiger charge is 2.15. The number of hydrogen-bond acceptors (Lipinski definition) is 2. The van der Waals surface area contributed by atoms with Crippen molar-refractivity contribution < 1.29 is 4.79 Å². The zero-order valence-electron chi connectivity index (χ0n) is 12.6. The Kier molecular flexibility index (Phi) is 5.69. The van der Waals surface area contributed by atoms with Crippen LogP contribution < -0.4 is 5.32 Å². The summed E-state index contributed by atoms with van der Waals surface area (Å²) in [5, 5.41) is 8.54. The summed E-state index contributed by atoms with van der Waals surface area (Å²) < 4.78 is 2.38. The van der Waals surface area contributed by atoms with E-state index in [1.165, 1.54) is 6.07 Å². The van der Waals surface area contributed by atoms with E-state index in [1.807, 2.05) is 24.3 Å². The number of nitrogens with zero attached hydrogens (tertiary/aromatic N) is 2. The molecule has 1 amide bonds. The fourth-order valence-electron chi connectivity index (χ4n) is 2.19. The molecule has 1 aromatic heterocycles. The lowest BCUT2D eigenvalue weighted by Crippen LogP contribution is -2.13. The first-order valence-corrected chi connectivity index (χ1v) is 9.09. The molecule has 0 unspecified atom stereocenters. The van der Waals surface area contributed by atoms with Crippen molar-refractivity contribution >= 4 is 62.5 Å². The van der Waals surface area contributed by atoms with E-state index < -0.39 is 0 Å². The molecular formula is C17H11BrCl3N3O. The van der Waals surface area contributed by atoms with Crippen molar-refractivity contribution in [2.75, 3.05) is 5.32 Å². The molecule has 1 heterocycles. The number of aromatic nitrogens is 2. The first-order chi connectivity index (χ1) is 11.9. The molecule has 8 heteroatoms. The van der Waals surface area contributed by atoms with Crippen LogP contribution in [0.25, 0.3) is 0 Å². The van der Waals surface area contributed by atoms with Gasteiger partial charge in [0.15, 0.2) is 5.82 Å².